The van der Waals surface area contributed by atoms with Crippen molar-refractivity contribution in [2.75, 3.05) is 13.2 Å². The average molecular weight is 361 g/mol. The number of fused-ring (bicyclic) bond motifs is 3. The summed E-state index contributed by atoms with van der Waals surface area (Å²) in [6.07, 6.45) is 2.41. The van der Waals surface area contributed by atoms with E-state index >= 15 is 0 Å². The van der Waals surface area contributed by atoms with Gasteiger partial charge in [0.15, 0.2) is 10.8 Å². The van der Waals surface area contributed by atoms with Gasteiger partial charge in [-0.3, -0.25) is 0 Å². The summed E-state index contributed by atoms with van der Waals surface area (Å²) in [6, 6.07) is 13.9. The second kappa shape index (κ2) is 5.32. The predicted molar refractivity (Wildman–Crippen MR) is 95.5 cm³/mol. The summed E-state index contributed by atoms with van der Waals surface area (Å²) in [5.41, 5.74) is 6.30. The molecule has 3 atom stereocenters. The predicted octanol–water partition coefficient (Wildman–Crippen LogP) is 1.86. The van der Waals surface area contributed by atoms with Crippen molar-refractivity contribution in [3.8, 4) is 12.1 Å². The van der Waals surface area contributed by atoms with E-state index in [1.807, 2.05) is 30.3 Å². The lowest BCUT2D eigenvalue weighted by molar-refractivity contribution is -0.212. The molecule has 1 saturated heterocycles. The highest BCUT2D eigenvalue weighted by molar-refractivity contribution is 5.96. The molecule has 0 amide bonds. The zero-order chi connectivity index (χ0) is 18.7. The van der Waals surface area contributed by atoms with Gasteiger partial charge in [0.25, 0.3) is 5.91 Å². The Labute approximate surface area is 157 Å². The van der Waals surface area contributed by atoms with Crippen LogP contribution in [0.4, 0.5) is 0 Å². The van der Waals surface area contributed by atoms with E-state index in [4.69, 9.17) is 15.2 Å². The Morgan fingerprint density at radius 3 is 2.52 bits per heavy atom. The van der Waals surface area contributed by atoms with Gasteiger partial charge in [0.1, 0.15) is 5.84 Å². The number of allylic oxidation sites excluding steroid dienone is 1. The Bertz CT molecular complexity index is 951. The third-order valence-electron chi connectivity index (χ3n) is 6.31. The molecule has 3 aliphatic heterocycles. The highest BCUT2D eigenvalue weighted by Crippen LogP contribution is 2.68. The molecule has 0 aromatic heterocycles. The van der Waals surface area contributed by atoms with Gasteiger partial charge in [-0.25, -0.2) is 4.99 Å². The first-order valence-electron chi connectivity index (χ1n) is 9.15. The summed E-state index contributed by atoms with van der Waals surface area (Å²) >= 11 is 0. The Hall–Kier alpha value is -2.87. The van der Waals surface area contributed by atoms with Gasteiger partial charge in [0.05, 0.1) is 31.4 Å². The van der Waals surface area contributed by atoms with E-state index in [0.717, 1.165) is 29.7 Å². The van der Waals surface area contributed by atoms with Crippen LogP contribution in [-0.4, -0.2) is 25.0 Å². The lowest BCUT2D eigenvalue weighted by Crippen LogP contribution is -2.63. The van der Waals surface area contributed by atoms with Crippen LogP contribution in [0.3, 0.4) is 0 Å². The van der Waals surface area contributed by atoms with Crippen molar-refractivity contribution in [2.45, 2.75) is 31.2 Å². The largest absolute Gasteiger partial charge is 0.386 e. The minimum absolute atomic E-state index is 0.0910. The second-order valence-electron chi connectivity index (χ2n) is 7.36. The molecule has 7 heteroatoms. The lowest BCUT2D eigenvalue weighted by Gasteiger charge is -2.50. The van der Waals surface area contributed by atoms with E-state index in [9.17, 15) is 10.5 Å². The summed E-state index contributed by atoms with van der Waals surface area (Å²) in [5.74, 6) is -1.46. The van der Waals surface area contributed by atoms with Crippen LogP contribution in [0.15, 0.2) is 46.6 Å². The zero-order valence-corrected chi connectivity index (χ0v) is 14.7. The zero-order valence-electron chi connectivity index (χ0n) is 14.7. The molecule has 5 rings (SSSR count). The molecule has 1 fully saturated rings. The maximum Gasteiger partial charge on any atom is 0.297 e. The summed E-state index contributed by atoms with van der Waals surface area (Å²) < 4.78 is 11.9. The summed E-state index contributed by atoms with van der Waals surface area (Å²) in [5, 5.41) is 24.6. The Morgan fingerprint density at radius 2 is 1.85 bits per heavy atom. The second-order valence-corrected chi connectivity index (χ2v) is 7.36. The number of rotatable bonds is 1. The van der Waals surface area contributed by atoms with Gasteiger partial charge in [0, 0.05) is 5.70 Å². The first-order chi connectivity index (χ1) is 13.1. The number of hydrogen-bond donors (Lipinski definition) is 2. The first-order valence-corrected chi connectivity index (χ1v) is 9.15. The van der Waals surface area contributed by atoms with E-state index in [1.54, 1.807) is 0 Å². The van der Waals surface area contributed by atoms with Crippen molar-refractivity contribution in [1.82, 2.24) is 5.32 Å². The summed E-state index contributed by atoms with van der Waals surface area (Å²) in [4.78, 5) is 4.52. The Balaban J connectivity index is 1.85. The maximum absolute atomic E-state index is 10.6. The lowest BCUT2D eigenvalue weighted by atomic mass is 9.53. The number of nitriles is 2. The van der Waals surface area contributed by atoms with Gasteiger partial charge in [-0.15, -0.1) is 0 Å². The van der Waals surface area contributed by atoms with Gasteiger partial charge < -0.3 is 20.5 Å². The van der Waals surface area contributed by atoms with Crippen LogP contribution >= 0.6 is 0 Å². The summed E-state index contributed by atoms with van der Waals surface area (Å²) in [6.45, 7) is 0.627. The van der Waals surface area contributed by atoms with Crippen molar-refractivity contribution < 1.29 is 9.47 Å². The highest BCUT2D eigenvalue weighted by Gasteiger charge is 2.80. The van der Waals surface area contributed by atoms with E-state index < -0.39 is 22.8 Å². The molecule has 3 N–H and O–H groups in total. The van der Waals surface area contributed by atoms with Crippen LogP contribution in [-0.2, 0) is 9.47 Å². The molecule has 136 valence electrons. The Kier molecular flexibility index (Phi) is 3.22. The number of nitrogens with two attached hydrogens (primary N) is 1. The standard InChI is InChI=1S/C20H19N5O2/c21-11-18-16(13-5-2-1-3-6-13)24-15-8-4-7-14(15)19(18,12-22)20(25-17(18)23)26-9-10-27-20/h1-3,5-6,16,24H,4,7-10H2,(H2,23,25)/t16-,18-,19-/m0/s1. The highest BCUT2D eigenvalue weighted by atomic mass is 16.8. The number of aliphatic imine (C=N–C) groups is 1. The van der Waals surface area contributed by atoms with E-state index in [0.29, 0.717) is 19.6 Å². The molecule has 1 spiro atoms. The van der Waals surface area contributed by atoms with Crippen molar-refractivity contribution in [3.63, 3.8) is 0 Å². The number of amidine groups is 1. The number of hydrogen-bond acceptors (Lipinski definition) is 7. The minimum Gasteiger partial charge on any atom is -0.386 e. The van der Waals surface area contributed by atoms with Crippen molar-refractivity contribution >= 4 is 5.84 Å². The molecule has 27 heavy (non-hydrogen) atoms. The number of nitrogens with zero attached hydrogens (tertiary/aromatic N) is 3. The molecule has 0 saturated carbocycles. The Morgan fingerprint density at radius 1 is 1.11 bits per heavy atom. The maximum atomic E-state index is 10.6. The quantitative estimate of drug-likeness (QED) is 0.788. The van der Waals surface area contributed by atoms with Crippen molar-refractivity contribution in [2.24, 2.45) is 21.6 Å². The number of nitrogens with one attached hydrogen (secondary N) is 1. The average Bonchev–Trinajstić information content (AvgIpc) is 3.40. The van der Waals surface area contributed by atoms with Gasteiger partial charge in [-0.1, -0.05) is 30.3 Å². The van der Waals surface area contributed by atoms with Gasteiger partial charge >= 0.3 is 0 Å². The van der Waals surface area contributed by atoms with Crippen molar-refractivity contribution in [1.29, 1.82) is 10.5 Å². The molecule has 0 radical (unpaired) electrons. The molecule has 1 aliphatic carbocycles. The molecular formula is C20H19N5O2. The smallest absolute Gasteiger partial charge is 0.297 e. The SMILES string of the molecule is N#C[C@]12C(N)=NC3(OCCO3)[C@@]1(C#N)C1=C(CCC1)N[C@H]2c1ccccc1. The van der Waals surface area contributed by atoms with Crippen LogP contribution in [0.2, 0.25) is 0 Å². The van der Waals surface area contributed by atoms with E-state index in [1.165, 1.54) is 0 Å². The van der Waals surface area contributed by atoms with Crippen LogP contribution in [0, 0.1) is 33.5 Å². The van der Waals surface area contributed by atoms with Crippen LogP contribution < -0.4 is 11.1 Å². The fourth-order valence-corrected chi connectivity index (χ4v) is 5.26. The van der Waals surface area contributed by atoms with E-state index in [2.05, 4.69) is 22.4 Å². The fourth-order valence-electron chi connectivity index (χ4n) is 5.26. The molecule has 1 aromatic rings. The normalized spacial score (nSPS) is 35.8. The third kappa shape index (κ3) is 1.65. The van der Waals surface area contributed by atoms with E-state index in [-0.39, 0.29) is 5.84 Å². The molecule has 0 bridgehead atoms. The number of benzene rings is 1. The molecular weight excluding hydrogens is 342 g/mol. The monoisotopic (exact) mass is 361 g/mol. The minimum atomic E-state index is -1.55. The molecule has 3 heterocycles. The van der Waals surface area contributed by atoms with Gasteiger partial charge in [-0.2, -0.15) is 10.5 Å². The summed E-state index contributed by atoms with van der Waals surface area (Å²) in [7, 11) is 0. The fraction of sp³-hybridized carbons (Fsp3) is 0.450. The van der Waals surface area contributed by atoms with Crippen LogP contribution in [0.1, 0.15) is 30.9 Å². The van der Waals surface area contributed by atoms with Crippen molar-refractivity contribution in [3.05, 3.63) is 47.2 Å². The first kappa shape index (κ1) is 16.3. The molecule has 7 nitrogen and oxygen atoms in total. The number of ether oxygens (including phenoxy) is 2. The molecule has 1 aromatic carbocycles. The molecule has 0 unspecified atom stereocenters. The van der Waals surface area contributed by atoms with Gasteiger partial charge in [0.2, 0.25) is 0 Å². The van der Waals surface area contributed by atoms with Crippen LogP contribution in [0.5, 0.6) is 0 Å². The van der Waals surface area contributed by atoms with Gasteiger partial charge in [-0.05, 0) is 30.4 Å². The molecule has 4 aliphatic rings. The van der Waals surface area contributed by atoms with Crippen LogP contribution in [0.25, 0.3) is 0 Å². The topological polar surface area (TPSA) is 116 Å². The third-order valence-corrected chi connectivity index (χ3v) is 6.31.